The fraction of sp³-hybridized carbons (Fsp3) is 0.481. The maximum Gasteiger partial charge on any atom is 0.305 e. The zero-order chi connectivity index (χ0) is 25.8. The Labute approximate surface area is 216 Å². The second kappa shape index (κ2) is 14.7. The zero-order valence-corrected chi connectivity index (χ0v) is 22.1. The summed E-state index contributed by atoms with van der Waals surface area (Å²) in [6.07, 6.45) is 2.88. The number of phenols is 1. The average molecular weight is 515 g/mol. The normalized spacial score (nSPS) is 11.4. The number of carbonyl (C=O) groups excluding carboxylic acids is 1. The maximum absolute atomic E-state index is 12.9. The van der Waals surface area contributed by atoms with E-state index in [-0.39, 0.29) is 16.5 Å². The lowest BCUT2D eigenvalue weighted by Gasteiger charge is -2.24. The summed E-state index contributed by atoms with van der Waals surface area (Å²) >= 11 is 1.12. The van der Waals surface area contributed by atoms with Crippen molar-refractivity contribution < 1.29 is 14.6 Å². The number of nitrogens with one attached hydrogen (secondary N) is 2. The molecule has 0 fully saturated rings. The molecule has 2 aromatic carbocycles. The molecule has 0 unspecified atom stereocenters. The molecule has 3 rings (SSSR count). The van der Waals surface area contributed by atoms with E-state index in [9.17, 15) is 14.7 Å². The number of aromatic hydroxyl groups is 1. The van der Waals surface area contributed by atoms with Crippen molar-refractivity contribution in [3.05, 3.63) is 63.3 Å². The van der Waals surface area contributed by atoms with E-state index in [0.29, 0.717) is 44.8 Å². The van der Waals surface area contributed by atoms with Gasteiger partial charge in [0.1, 0.15) is 11.3 Å². The number of phenolic OH excluding ortho intramolecular Hbond substituents is 1. The van der Waals surface area contributed by atoms with E-state index in [1.807, 2.05) is 43.3 Å². The molecule has 0 atom stereocenters. The molecular formula is C27H38N4O4S. The summed E-state index contributed by atoms with van der Waals surface area (Å²) < 4.78 is 6.53. The molecule has 0 radical (unpaired) electrons. The van der Waals surface area contributed by atoms with Gasteiger partial charge in [0.25, 0.3) is 0 Å². The lowest BCUT2D eigenvalue weighted by molar-refractivity contribution is -0.132. The minimum Gasteiger partial charge on any atom is -0.506 e. The topological polar surface area (TPSA) is 97.9 Å². The largest absolute Gasteiger partial charge is 0.506 e. The Bertz CT molecular complexity index is 1130. The van der Waals surface area contributed by atoms with Gasteiger partial charge in [-0.15, -0.1) is 0 Å². The monoisotopic (exact) mass is 514 g/mol. The van der Waals surface area contributed by atoms with Crippen LogP contribution in [0.5, 0.6) is 5.75 Å². The summed E-state index contributed by atoms with van der Waals surface area (Å²) in [5.41, 5.74) is 2.76. The Morgan fingerprint density at radius 3 is 2.61 bits per heavy atom. The highest BCUT2D eigenvalue weighted by Gasteiger charge is 2.14. The van der Waals surface area contributed by atoms with Crippen LogP contribution in [0.4, 0.5) is 0 Å². The fourth-order valence-electron chi connectivity index (χ4n) is 4.03. The number of rotatable bonds is 16. The molecule has 196 valence electrons. The number of thiazole rings is 1. The predicted octanol–water partition coefficient (Wildman–Crippen LogP) is 2.86. The number of carbonyl (C=O) groups is 1. The van der Waals surface area contributed by atoms with Gasteiger partial charge in [0.05, 0.1) is 24.3 Å². The van der Waals surface area contributed by atoms with Gasteiger partial charge in [-0.3, -0.25) is 9.59 Å². The van der Waals surface area contributed by atoms with Gasteiger partial charge in [0.15, 0.2) is 0 Å². The minimum atomic E-state index is -0.170. The number of hydrogen-bond acceptors (Lipinski definition) is 7. The van der Waals surface area contributed by atoms with Crippen molar-refractivity contribution >= 4 is 27.5 Å². The van der Waals surface area contributed by atoms with Crippen molar-refractivity contribution in [3.8, 4) is 5.75 Å². The van der Waals surface area contributed by atoms with Crippen LogP contribution in [-0.4, -0.2) is 85.8 Å². The lowest BCUT2D eigenvalue weighted by Crippen LogP contribution is -2.39. The van der Waals surface area contributed by atoms with Crippen molar-refractivity contribution in [2.45, 2.75) is 25.7 Å². The predicted molar refractivity (Wildman–Crippen MR) is 146 cm³/mol. The van der Waals surface area contributed by atoms with Crippen LogP contribution in [0, 0.1) is 0 Å². The van der Waals surface area contributed by atoms with Crippen LogP contribution < -0.4 is 10.2 Å². The highest BCUT2D eigenvalue weighted by molar-refractivity contribution is 7.16. The molecule has 0 saturated heterocycles. The van der Waals surface area contributed by atoms with E-state index < -0.39 is 0 Å². The van der Waals surface area contributed by atoms with Gasteiger partial charge >= 0.3 is 4.87 Å². The van der Waals surface area contributed by atoms with Crippen LogP contribution in [0.2, 0.25) is 0 Å². The van der Waals surface area contributed by atoms with E-state index in [4.69, 9.17) is 4.74 Å². The number of fused-ring (bicyclic) bond motifs is 1. The number of amides is 1. The molecule has 0 spiro atoms. The third-order valence-electron chi connectivity index (χ3n) is 5.99. The Morgan fingerprint density at radius 1 is 1.03 bits per heavy atom. The van der Waals surface area contributed by atoms with Crippen molar-refractivity contribution in [1.29, 1.82) is 0 Å². The van der Waals surface area contributed by atoms with Crippen LogP contribution in [0.15, 0.2) is 47.3 Å². The molecule has 1 aromatic heterocycles. The van der Waals surface area contributed by atoms with E-state index in [0.717, 1.165) is 54.0 Å². The first-order valence-electron chi connectivity index (χ1n) is 12.5. The summed E-state index contributed by atoms with van der Waals surface area (Å²) in [6.45, 7) is 4.74. The number of hydrogen-bond donors (Lipinski definition) is 3. The Balaban J connectivity index is 1.40. The standard InChI is InChI=1S/C27H38N4O4S/c1-30(2)16-6-17-31(24(33)13-20-35-19-12-21-7-4-3-5-8-21)18-15-28-14-11-22-9-10-23(32)25-26(22)36-27(34)29-25/h3-5,7-10,28,32H,6,11-20H2,1-2H3,(H,29,34). The highest BCUT2D eigenvalue weighted by Crippen LogP contribution is 2.27. The van der Waals surface area contributed by atoms with Gasteiger partial charge in [-0.05, 0) is 63.6 Å². The van der Waals surface area contributed by atoms with E-state index in [1.165, 1.54) is 5.56 Å². The Kier molecular flexibility index (Phi) is 11.4. The first kappa shape index (κ1) is 27.9. The van der Waals surface area contributed by atoms with Gasteiger partial charge in [0.2, 0.25) is 5.91 Å². The number of ether oxygens (including phenoxy) is 1. The summed E-state index contributed by atoms with van der Waals surface area (Å²) in [5.74, 6) is 0.212. The molecule has 9 heteroatoms. The highest BCUT2D eigenvalue weighted by atomic mass is 32.1. The number of aromatic nitrogens is 1. The van der Waals surface area contributed by atoms with Gasteiger partial charge in [-0.2, -0.15) is 0 Å². The van der Waals surface area contributed by atoms with Gasteiger partial charge in [-0.1, -0.05) is 47.7 Å². The molecule has 36 heavy (non-hydrogen) atoms. The molecule has 1 amide bonds. The summed E-state index contributed by atoms with van der Waals surface area (Å²) in [7, 11) is 4.07. The third-order valence-corrected chi connectivity index (χ3v) is 6.95. The zero-order valence-electron chi connectivity index (χ0n) is 21.3. The van der Waals surface area contributed by atoms with Crippen LogP contribution >= 0.6 is 11.3 Å². The molecule has 3 N–H and O–H groups in total. The number of H-pyrrole nitrogens is 1. The second-order valence-corrected chi connectivity index (χ2v) is 10.1. The Hall–Kier alpha value is -2.72. The van der Waals surface area contributed by atoms with Crippen LogP contribution in [0.1, 0.15) is 24.0 Å². The van der Waals surface area contributed by atoms with Crippen molar-refractivity contribution in [2.75, 3.05) is 60.0 Å². The van der Waals surface area contributed by atoms with E-state index >= 15 is 0 Å². The summed E-state index contributed by atoms with van der Waals surface area (Å²) in [5, 5.41) is 13.4. The van der Waals surface area contributed by atoms with Crippen LogP contribution in [0.25, 0.3) is 10.2 Å². The molecule has 3 aromatic rings. The molecular weight excluding hydrogens is 476 g/mol. The minimum absolute atomic E-state index is 0.0935. The quantitative estimate of drug-likeness (QED) is 0.254. The van der Waals surface area contributed by atoms with E-state index in [2.05, 4.69) is 27.3 Å². The second-order valence-electron chi connectivity index (χ2n) is 9.10. The van der Waals surface area contributed by atoms with Gasteiger partial charge in [-0.25, -0.2) is 0 Å². The summed E-state index contributed by atoms with van der Waals surface area (Å²) in [6, 6.07) is 13.7. The van der Waals surface area contributed by atoms with Crippen LogP contribution in [-0.2, 0) is 22.4 Å². The first-order chi connectivity index (χ1) is 17.4. The van der Waals surface area contributed by atoms with Crippen molar-refractivity contribution in [3.63, 3.8) is 0 Å². The number of aromatic amines is 1. The van der Waals surface area contributed by atoms with Crippen molar-refractivity contribution in [1.82, 2.24) is 20.1 Å². The number of benzene rings is 2. The molecule has 1 heterocycles. The van der Waals surface area contributed by atoms with Gasteiger partial charge in [0, 0.05) is 19.6 Å². The Morgan fingerprint density at radius 2 is 1.83 bits per heavy atom. The smallest absolute Gasteiger partial charge is 0.305 e. The van der Waals surface area contributed by atoms with E-state index in [1.54, 1.807) is 6.07 Å². The lowest BCUT2D eigenvalue weighted by atomic mass is 10.1. The SMILES string of the molecule is CN(C)CCCN(CCNCCc1ccc(O)c2[nH]c(=O)sc12)C(=O)CCOCCc1ccccc1. The first-order valence-corrected chi connectivity index (χ1v) is 13.3. The molecule has 0 bridgehead atoms. The maximum atomic E-state index is 12.9. The molecule has 0 aliphatic rings. The van der Waals surface area contributed by atoms with Crippen LogP contribution in [0.3, 0.4) is 0 Å². The molecule has 0 aliphatic carbocycles. The average Bonchev–Trinajstić information content (AvgIpc) is 3.26. The van der Waals surface area contributed by atoms with Crippen molar-refractivity contribution in [2.24, 2.45) is 0 Å². The number of nitrogens with zero attached hydrogens (tertiary/aromatic N) is 2. The summed E-state index contributed by atoms with van der Waals surface area (Å²) in [4.78, 5) is 31.1. The molecule has 8 nitrogen and oxygen atoms in total. The molecule has 0 saturated carbocycles. The molecule has 0 aliphatic heterocycles. The third kappa shape index (κ3) is 9.05. The fourth-order valence-corrected chi connectivity index (χ4v) is 4.92. The van der Waals surface area contributed by atoms with Gasteiger partial charge < -0.3 is 29.9 Å².